The summed E-state index contributed by atoms with van der Waals surface area (Å²) in [5.74, 6) is 0.454. The molecule has 0 aliphatic carbocycles. The molecule has 4 heteroatoms. The maximum atomic E-state index is 9.06. The molecule has 2 heterocycles. The van der Waals surface area contributed by atoms with Gasteiger partial charge in [0.05, 0.1) is 0 Å². The zero-order chi connectivity index (χ0) is 11.5. The van der Waals surface area contributed by atoms with E-state index >= 15 is 0 Å². The molecule has 0 radical (unpaired) electrons. The van der Waals surface area contributed by atoms with Crippen molar-refractivity contribution in [2.24, 2.45) is 5.73 Å². The van der Waals surface area contributed by atoms with Crippen molar-refractivity contribution in [1.29, 1.82) is 5.26 Å². The molecular weight excluding hydrogens is 200 g/mol. The third kappa shape index (κ3) is 1.76. The Hall–Kier alpha value is -1.89. The van der Waals surface area contributed by atoms with Gasteiger partial charge in [0.1, 0.15) is 17.5 Å². The zero-order valence-electron chi connectivity index (χ0n) is 9.45. The van der Waals surface area contributed by atoms with Gasteiger partial charge in [0, 0.05) is 31.1 Å². The predicted molar refractivity (Wildman–Crippen MR) is 62.6 cm³/mol. The van der Waals surface area contributed by atoms with Crippen LogP contribution in [0.4, 0.5) is 0 Å². The third-order valence-corrected chi connectivity index (χ3v) is 2.88. The molecule has 0 aromatic carbocycles. The van der Waals surface area contributed by atoms with Crippen LogP contribution in [-0.4, -0.2) is 18.0 Å². The number of unbranched alkanes of at least 4 members (excludes halogenated alkanes) is 1. The molecule has 2 aliphatic rings. The lowest BCUT2D eigenvalue weighted by Crippen LogP contribution is -2.23. The predicted octanol–water partition coefficient (Wildman–Crippen LogP) is 1.17. The highest BCUT2D eigenvalue weighted by molar-refractivity contribution is 5.59. The molecule has 0 saturated carbocycles. The molecule has 0 fully saturated rings. The number of fused-ring (bicyclic) bond motifs is 1. The maximum Gasteiger partial charge on any atom is 0.119 e. The van der Waals surface area contributed by atoms with Crippen LogP contribution in [0.1, 0.15) is 19.8 Å². The van der Waals surface area contributed by atoms with Gasteiger partial charge in [-0.15, -0.1) is 0 Å². The fourth-order valence-corrected chi connectivity index (χ4v) is 1.97. The van der Waals surface area contributed by atoms with E-state index < -0.39 is 0 Å². The standard InChI is InChI=1S/C12H16N4/c1-2-3-4-16-7-9-6-15-12(14)10(5-13)11(9)8-16/h6,8,15H,2-4,7,14H2,1H3. The lowest BCUT2D eigenvalue weighted by Gasteiger charge is -2.15. The van der Waals surface area contributed by atoms with Gasteiger partial charge in [-0.3, -0.25) is 0 Å². The van der Waals surface area contributed by atoms with Crippen LogP contribution in [-0.2, 0) is 0 Å². The molecule has 0 amide bonds. The average molecular weight is 216 g/mol. The summed E-state index contributed by atoms with van der Waals surface area (Å²) in [4.78, 5) is 2.24. The topological polar surface area (TPSA) is 65.1 Å². The van der Waals surface area contributed by atoms with E-state index in [9.17, 15) is 0 Å². The zero-order valence-corrected chi connectivity index (χ0v) is 9.45. The van der Waals surface area contributed by atoms with E-state index in [0.29, 0.717) is 11.4 Å². The summed E-state index contributed by atoms with van der Waals surface area (Å²) in [7, 11) is 0. The number of hydrogen-bond donors (Lipinski definition) is 2. The maximum absolute atomic E-state index is 9.06. The number of allylic oxidation sites excluding steroid dienone is 1. The summed E-state index contributed by atoms with van der Waals surface area (Å²) in [6, 6.07) is 2.16. The van der Waals surface area contributed by atoms with Gasteiger partial charge in [0.25, 0.3) is 0 Å². The minimum atomic E-state index is 0.454. The van der Waals surface area contributed by atoms with E-state index in [0.717, 1.165) is 24.2 Å². The molecule has 3 N–H and O–H groups in total. The average Bonchev–Trinajstić information content (AvgIpc) is 2.69. The first kappa shape index (κ1) is 10.6. The van der Waals surface area contributed by atoms with E-state index in [1.807, 2.05) is 12.4 Å². The number of nitrogens with one attached hydrogen (secondary N) is 1. The lowest BCUT2D eigenvalue weighted by atomic mass is 10.0. The fraction of sp³-hybridized carbons (Fsp3) is 0.417. The molecule has 0 unspecified atom stereocenters. The van der Waals surface area contributed by atoms with E-state index in [1.54, 1.807) is 0 Å². The van der Waals surface area contributed by atoms with Crippen LogP contribution in [0.2, 0.25) is 0 Å². The Morgan fingerprint density at radius 3 is 3.12 bits per heavy atom. The van der Waals surface area contributed by atoms with E-state index in [1.165, 1.54) is 12.8 Å². The fourth-order valence-electron chi connectivity index (χ4n) is 1.97. The molecule has 4 nitrogen and oxygen atoms in total. The molecule has 0 saturated heterocycles. The highest BCUT2D eigenvalue weighted by atomic mass is 15.1. The highest BCUT2D eigenvalue weighted by Gasteiger charge is 2.25. The Morgan fingerprint density at radius 1 is 1.62 bits per heavy atom. The number of nitrogens with two attached hydrogens (primary N) is 1. The van der Waals surface area contributed by atoms with Crippen LogP contribution in [0, 0.1) is 11.3 Å². The van der Waals surface area contributed by atoms with Crippen LogP contribution >= 0.6 is 0 Å². The molecule has 16 heavy (non-hydrogen) atoms. The molecule has 84 valence electrons. The second kappa shape index (κ2) is 4.31. The van der Waals surface area contributed by atoms with Gasteiger partial charge in [-0.2, -0.15) is 5.26 Å². The van der Waals surface area contributed by atoms with Crippen LogP contribution in [0.3, 0.4) is 0 Å². The van der Waals surface area contributed by atoms with Crippen molar-refractivity contribution in [3.63, 3.8) is 0 Å². The first-order valence-electron chi connectivity index (χ1n) is 5.58. The summed E-state index contributed by atoms with van der Waals surface area (Å²) in [6.45, 7) is 4.09. The van der Waals surface area contributed by atoms with Crippen LogP contribution in [0.25, 0.3) is 0 Å². The number of rotatable bonds is 3. The van der Waals surface area contributed by atoms with Gasteiger partial charge in [-0.1, -0.05) is 13.3 Å². The Morgan fingerprint density at radius 2 is 2.44 bits per heavy atom. The molecule has 2 aliphatic heterocycles. The van der Waals surface area contributed by atoms with Crippen molar-refractivity contribution >= 4 is 0 Å². The van der Waals surface area contributed by atoms with E-state index in [4.69, 9.17) is 11.0 Å². The Labute approximate surface area is 95.7 Å². The van der Waals surface area contributed by atoms with E-state index in [-0.39, 0.29) is 0 Å². The first-order chi connectivity index (χ1) is 7.76. The second-order valence-electron chi connectivity index (χ2n) is 4.08. The summed E-state index contributed by atoms with van der Waals surface area (Å²) in [5.41, 5.74) is 8.44. The Bertz CT molecular complexity index is 423. The molecule has 2 rings (SSSR count). The quantitative estimate of drug-likeness (QED) is 0.743. The van der Waals surface area contributed by atoms with Crippen molar-refractivity contribution < 1.29 is 0 Å². The van der Waals surface area contributed by atoms with Crippen LogP contribution in [0.15, 0.2) is 34.9 Å². The van der Waals surface area contributed by atoms with Gasteiger partial charge in [0.2, 0.25) is 0 Å². The molecule has 0 atom stereocenters. The minimum Gasteiger partial charge on any atom is -0.384 e. The summed E-state index contributed by atoms with van der Waals surface area (Å²) >= 11 is 0. The van der Waals surface area contributed by atoms with Gasteiger partial charge in [-0.05, 0) is 12.0 Å². The summed E-state index contributed by atoms with van der Waals surface area (Å²) in [5, 5.41) is 12.0. The van der Waals surface area contributed by atoms with Crippen molar-refractivity contribution in [3.05, 3.63) is 34.9 Å². The number of dihydropyridines is 1. The normalized spacial score (nSPS) is 18.6. The minimum absolute atomic E-state index is 0.454. The second-order valence-corrected chi connectivity index (χ2v) is 4.08. The van der Waals surface area contributed by atoms with Crippen molar-refractivity contribution in [2.75, 3.05) is 13.1 Å². The Kier molecular flexibility index (Phi) is 2.86. The van der Waals surface area contributed by atoms with Gasteiger partial charge in [0.15, 0.2) is 0 Å². The highest BCUT2D eigenvalue weighted by Crippen LogP contribution is 2.29. The van der Waals surface area contributed by atoms with Crippen LogP contribution < -0.4 is 11.1 Å². The molecule has 0 bridgehead atoms. The van der Waals surface area contributed by atoms with Gasteiger partial charge < -0.3 is 16.0 Å². The van der Waals surface area contributed by atoms with Gasteiger partial charge >= 0.3 is 0 Å². The third-order valence-electron chi connectivity index (χ3n) is 2.88. The van der Waals surface area contributed by atoms with Crippen molar-refractivity contribution in [3.8, 4) is 6.07 Å². The smallest absolute Gasteiger partial charge is 0.119 e. The van der Waals surface area contributed by atoms with Crippen LogP contribution in [0.5, 0.6) is 0 Å². The SMILES string of the molecule is CCCCN1C=C2C(=CNC(N)=C2C#N)C1. The van der Waals surface area contributed by atoms with Crippen molar-refractivity contribution in [2.45, 2.75) is 19.8 Å². The number of nitriles is 1. The van der Waals surface area contributed by atoms with Crippen molar-refractivity contribution in [1.82, 2.24) is 10.2 Å². The largest absolute Gasteiger partial charge is 0.384 e. The molecule has 0 spiro atoms. The van der Waals surface area contributed by atoms with E-state index in [2.05, 4.69) is 23.2 Å². The molecule has 0 aromatic heterocycles. The summed E-state index contributed by atoms with van der Waals surface area (Å²) < 4.78 is 0. The molecule has 0 aromatic rings. The summed E-state index contributed by atoms with van der Waals surface area (Å²) in [6.07, 6.45) is 6.30. The molecular formula is C12H16N4. The Balaban J connectivity index is 2.19. The lowest BCUT2D eigenvalue weighted by molar-refractivity contribution is 0.413. The first-order valence-corrected chi connectivity index (χ1v) is 5.58. The number of nitrogens with zero attached hydrogens (tertiary/aromatic N) is 2. The number of hydrogen-bond acceptors (Lipinski definition) is 4. The monoisotopic (exact) mass is 216 g/mol. The van der Waals surface area contributed by atoms with Gasteiger partial charge in [-0.25, -0.2) is 0 Å².